The average Bonchev–Trinajstić information content (AvgIpc) is 2.65. The highest BCUT2D eigenvalue weighted by atomic mass is 16.5. The molecule has 132 valence electrons. The van der Waals surface area contributed by atoms with E-state index in [-0.39, 0.29) is 5.97 Å². The van der Waals surface area contributed by atoms with Gasteiger partial charge in [-0.05, 0) is 56.1 Å². The third-order valence-electron chi connectivity index (χ3n) is 4.91. The monoisotopic (exact) mass is 339 g/mol. The van der Waals surface area contributed by atoms with Gasteiger partial charge < -0.3 is 14.4 Å². The fraction of sp³-hybridized carbons (Fsp3) is 0.381. The molecule has 1 atom stereocenters. The standard InChI is InChI=1S/C21H25NO3/c1-22(2)17-10-11-18-16(13-17)9-12-19(20(18)21(23)24-3)25-14-15-7-5-4-6-8-15/h4-9,12,17H,10-11,13-14H2,1-3H3. The maximum Gasteiger partial charge on any atom is 0.341 e. The van der Waals surface area contributed by atoms with Crippen molar-refractivity contribution in [3.05, 3.63) is 64.7 Å². The van der Waals surface area contributed by atoms with Crippen LogP contribution in [0, 0.1) is 0 Å². The van der Waals surface area contributed by atoms with Gasteiger partial charge >= 0.3 is 5.97 Å². The van der Waals surface area contributed by atoms with E-state index in [0.717, 1.165) is 30.4 Å². The molecule has 0 aromatic heterocycles. The van der Waals surface area contributed by atoms with Crippen LogP contribution in [0.2, 0.25) is 0 Å². The molecule has 25 heavy (non-hydrogen) atoms. The summed E-state index contributed by atoms with van der Waals surface area (Å²) in [5.74, 6) is 0.293. The Morgan fingerprint density at radius 1 is 1.16 bits per heavy atom. The quantitative estimate of drug-likeness (QED) is 0.782. The number of benzene rings is 2. The van der Waals surface area contributed by atoms with E-state index >= 15 is 0 Å². The minimum absolute atomic E-state index is 0.316. The first kappa shape index (κ1) is 17.5. The second-order valence-electron chi connectivity index (χ2n) is 6.70. The van der Waals surface area contributed by atoms with Crippen LogP contribution < -0.4 is 4.74 Å². The Morgan fingerprint density at radius 3 is 2.60 bits per heavy atom. The molecule has 0 N–H and O–H groups in total. The number of carbonyl (C=O) groups is 1. The molecule has 1 aliphatic carbocycles. The maximum absolute atomic E-state index is 12.4. The zero-order valence-corrected chi connectivity index (χ0v) is 15.1. The van der Waals surface area contributed by atoms with E-state index < -0.39 is 0 Å². The van der Waals surface area contributed by atoms with Crippen molar-refractivity contribution in [2.75, 3.05) is 21.2 Å². The van der Waals surface area contributed by atoms with E-state index in [0.29, 0.717) is 24.0 Å². The topological polar surface area (TPSA) is 38.8 Å². The number of hydrogen-bond acceptors (Lipinski definition) is 4. The minimum atomic E-state index is -0.316. The molecule has 0 heterocycles. The zero-order valence-electron chi connectivity index (χ0n) is 15.1. The number of esters is 1. The van der Waals surface area contributed by atoms with Gasteiger partial charge in [-0.15, -0.1) is 0 Å². The Labute approximate surface area is 149 Å². The molecule has 0 aliphatic heterocycles. The summed E-state index contributed by atoms with van der Waals surface area (Å²) in [6.07, 6.45) is 2.85. The van der Waals surface area contributed by atoms with Gasteiger partial charge in [0, 0.05) is 6.04 Å². The van der Waals surface area contributed by atoms with Crippen LogP contribution in [0.1, 0.15) is 33.5 Å². The van der Waals surface area contributed by atoms with Crippen molar-refractivity contribution in [1.82, 2.24) is 4.90 Å². The van der Waals surface area contributed by atoms with Crippen LogP contribution in [0.15, 0.2) is 42.5 Å². The molecule has 1 unspecified atom stereocenters. The van der Waals surface area contributed by atoms with Gasteiger partial charge in [-0.3, -0.25) is 0 Å². The van der Waals surface area contributed by atoms with Crippen molar-refractivity contribution in [2.24, 2.45) is 0 Å². The Balaban J connectivity index is 1.90. The number of hydrogen-bond donors (Lipinski definition) is 0. The van der Waals surface area contributed by atoms with Gasteiger partial charge in [0.1, 0.15) is 17.9 Å². The van der Waals surface area contributed by atoms with E-state index in [1.165, 1.54) is 12.7 Å². The molecule has 2 aromatic carbocycles. The fourth-order valence-corrected chi connectivity index (χ4v) is 3.44. The number of likely N-dealkylation sites (N-methyl/N-ethyl adjacent to an activating group) is 1. The van der Waals surface area contributed by atoms with Crippen LogP contribution >= 0.6 is 0 Å². The highest BCUT2D eigenvalue weighted by Crippen LogP contribution is 2.33. The molecular formula is C21H25NO3. The molecule has 4 heteroatoms. The molecule has 4 nitrogen and oxygen atoms in total. The lowest BCUT2D eigenvalue weighted by molar-refractivity contribution is 0.0593. The van der Waals surface area contributed by atoms with Gasteiger partial charge in [-0.25, -0.2) is 4.79 Å². The van der Waals surface area contributed by atoms with Crippen LogP contribution in [0.4, 0.5) is 0 Å². The summed E-state index contributed by atoms with van der Waals surface area (Å²) in [4.78, 5) is 14.7. The SMILES string of the molecule is COC(=O)c1c(OCc2ccccc2)ccc2c1CCC(N(C)C)C2. The molecule has 0 spiro atoms. The first-order valence-corrected chi connectivity index (χ1v) is 8.66. The Kier molecular flexibility index (Phi) is 5.39. The molecule has 0 radical (unpaired) electrons. The molecule has 2 aromatic rings. The molecule has 3 rings (SSSR count). The molecular weight excluding hydrogens is 314 g/mol. The second-order valence-corrected chi connectivity index (χ2v) is 6.70. The lowest BCUT2D eigenvalue weighted by Crippen LogP contribution is -2.34. The summed E-state index contributed by atoms with van der Waals surface area (Å²) in [6.45, 7) is 0.434. The molecule has 0 fully saturated rings. The van der Waals surface area contributed by atoms with Crippen LogP contribution in [0.25, 0.3) is 0 Å². The van der Waals surface area contributed by atoms with Crippen molar-refractivity contribution < 1.29 is 14.3 Å². The Hall–Kier alpha value is -2.33. The summed E-state index contributed by atoms with van der Waals surface area (Å²) in [7, 11) is 5.64. The van der Waals surface area contributed by atoms with Gasteiger partial charge in [0.25, 0.3) is 0 Å². The van der Waals surface area contributed by atoms with E-state index in [1.807, 2.05) is 36.4 Å². The molecule has 1 aliphatic rings. The predicted octanol–water partition coefficient (Wildman–Crippen LogP) is 3.47. The van der Waals surface area contributed by atoms with E-state index in [1.54, 1.807) is 0 Å². The summed E-state index contributed by atoms with van der Waals surface area (Å²) in [5.41, 5.74) is 3.96. The summed E-state index contributed by atoms with van der Waals surface area (Å²) in [6, 6.07) is 14.5. The smallest absolute Gasteiger partial charge is 0.341 e. The highest BCUT2D eigenvalue weighted by Gasteiger charge is 2.27. The van der Waals surface area contributed by atoms with Crippen molar-refractivity contribution in [1.29, 1.82) is 0 Å². The number of nitrogens with zero attached hydrogens (tertiary/aromatic N) is 1. The predicted molar refractivity (Wildman–Crippen MR) is 98.1 cm³/mol. The third kappa shape index (κ3) is 3.85. The van der Waals surface area contributed by atoms with Crippen LogP contribution in [0.3, 0.4) is 0 Å². The highest BCUT2D eigenvalue weighted by molar-refractivity contribution is 5.94. The van der Waals surface area contributed by atoms with E-state index in [9.17, 15) is 4.79 Å². The number of ether oxygens (including phenoxy) is 2. The van der Waals surface area contributed by atoms with Crippen LogP contribution in [-0.2, 0) is 24.2 Å². The van der Waals surface area contributed by atoms with Gasteiger partial charge in [0.05, 0.1) is 7.11 Å². The average molecular weight is 339 g/mol. The second kappa shape index (κ2) is 7.70. The fourth-order valence-electron chi connectivity index (χ4n) is 3.44. The third-order valence-corrected chi connectivity index (χ3v) is 4.91. The lowest BCUT2D eigenvalue weighted by Gasteiger charge is -2.31. The van der Waals surface area contributed by atoms with E-state index in [4.69, 9.17) is 9.47 Å². The van der Waals surface area contributed by atoms with E-state index in [2.05, 4.69) is 25.1 Å². The molecule has 0 bridgehead atoms. The molecule has 0 saturated carbocycles. The first-order valence-electron chi connectivity index (χ1n) is 8.66. The van der Waals surface area contributed by atoms with Crippen molar-refractivity contribution in [2.45, 2.75) is 31.9 Å². The molecule has 0 saturated heterocycles. The summed E-state index contributed by atoms with van der Waals surface area (Å²) >= 11 is 0. The van der Waals surface area contributed by atoms with Crippen LogP contribution in [0.5, 0.6) is 5.75 Å². The Morgan fingerprint density at radius 2 is 1.92 bits per heavy atom. The number of fused-ring (bicyclic) bond motifs is 1. The van der Waals surface area contributed by atoms with Gasteiger partial charge in [0.2, 0.25) is 0 Å². The Bertz CT molecular complexity index is 740. The largest absolute Gasteiger partial charge is 0.488 e. The normalized spacial score (nSPS) is 16.4. The summed E-state index contributed by atoms with van der Waals surface area (Å²) < 4.78 is 11.0. The van der Waals surface area contributed by atoms with Crippen molar-refractivity contribution >= 4 is 5.97 Å². The maximum atomic E-state index is 12.4. The minimum Gasteiger partial charge on any atom is -0.488 e. The van der Waals surface area contributed by atoms with Gasteiger partial charge in [0.15, 0.2) is 0 Å². The number of carbonyl (C=O) groups excluding carboxylic acids is 1. The number of methoxy groups -OCH3 is 1. The zero-order chi connectivity index (χ0) is 17.8. The first-order chi connectivity index (χ1) is 12.1. The van der Waals surface area contributed by atoms with Gasteiger partial charge in [-0.2, -0.15) is 0 Å². The van der Waals surface area contributed by atoms with Crippen LogP contribution in [-0.4, -0.2) is 38.1 Å². The van der Waals surface area contributed by atoms with Crippen molar-refractivity contribution in [3.8, 4) is 5.75 Å². The van der Waals surface area contributed by atoms with Gasteiger partial charge in [-0.1, -0.05) is 36.4 Å². The summed E-state index contributed by atoms with van der Waals surface area (Å²) in [5, 5.41) is 0. The molecule has 0 amide bonds. The lowest BCUT2D eigenvalue weighted by atomic mass is 9.84. The number of rotatable bonds is 5. The van der Waals surface area contributed by atoms with Crippen molar-refractivity contribution in [3.63, 3.8) is 0 Å².